The lowest BCUT2D eigenvalue weighted by atomic mass is 10.1. The van der Waals surface area contributed by atoms with Crippen LogP contribution in [-0.2, 0) is 0 Å². The fourth-order valence-electron chi connectivity index (χ4n) is 2.66. The molecule has 2 fully saturated rings. The van der Waals surface area contributed by atoms with E-state index in [1.807, 2.05) is 0 Å². The first-order chi connectivity index (χ1) is 6.75. The normalized spacial score (nSPS) is 41.1. The second-order valence-electron chi connectivity index (χ2n) is 4.71. The summed E-state index contributed by atoms with van der Waals surface area (Å²) in [4.78, 5) is 2.71. The average Bonchev–Trinajstić information content (AvgIpc) is 2.18. The molecule has 0 bridgehead atoms. The van der Waals surface area contributed by atoms with Crippen LogP contribution in [0.4, 0.5) is 0 Å². The van der Waals surface area contributed by atoms with Gasteiger partial charge < -0.3 is 5.32 Å². The molecule has 0 saturated carbocycles. The smallest absolute Gasteiger partial charge is 0.0222 e. The summed E-state index contributed by atoms with van der Waals surface area (Å²) in [5.41, 5.74) is 0. The fraction of sp³-hybridized carbons (Fsp3) is 1.00. The van der Waals surface area contributed by atoms with Crippen LogP contribution < -0.4 is 5.32 Å². The summed E-state index contributed by atoms with van der Waals surface area (Å²) < 4.78 is 0. The summed E-state index contributed by atoms with van der Waals surface area (Å²) in [7, 11) is 0. The number of nitrogens with zero attached hydrogens (tertiary/aromatic N) is 1. The quantitative estimate of drug-likeness (QED) is 0.713. The summed E-state index contributed by atoms with van der Waals surface area (Å²) in [6.07, 6.45) is 2.76. The van der Waals surface area contributed by atoms with E-state index in [0.717, 1.165) is 16.5 Å². The largest absolute Gasteiger partial charge is 0.315 e. The molecule has 0 aliphatic carbocycles. The molecule has 14 heavy (non-hydrogen) atoms. The molecule has 82 valence electrons. The van der Waals surface area contributed by atoms with Crippen molar-refractivity contribution in [1.82, 2.24) is 10.2 Å². The second-order valence-corrected chi connectivity index (χ2v) is 6.59. The van der Waals surface area contributed by atoms with Gasteiger partial charge >= 0.3 is 0 Å². The molecule has 3 atom stereocenters. The van der Waals surface area contributed by atoms with E-state index in [-0.39, 0.29) is 0 Å². The van der Waals surface area contributed by atoms with E-state index >= 15 is 0 Å². The van der Waals surface area contributed by atoms with Crippen LogP contribution >= 0.6 is 11.8 Å². The highest BCUT2D eigenvalue weighted by Crippen LogP contribution is 2.27. The highest BCUT2D eigenvalue weighted by Gasteiger charge is 2.28. The van der Waals surface area contributed by atoms with E-state index in [0.29, 0.717) is 0 Å². The van der Waals surface area contributed by atoms with Gasteiger partial charge in [-0.2, -0.15) is 11.8 Å². The van der Waals surface area contributed by atoms with Gasteiger partial charge in [-0.3, -0.25) is 4.90 Å². The van der Waals surface area contributed by atoms with Gasteiger partial charge in [0.1, 0.15) is 0 Å². The summed E-state index contributed by atoms with van der Waals surface area (Å²) >= 11 is 2.15. The second kappa shape index (κ2) is 4.86. The number of nitrogens with one attached hydrogen (secondary N) is 1. The minimum absolute atomic E-state index is 0.814. The molecule has 2 aliphatic rings. The van der Waals surface area contributed by atoms with E-state index in [4.69, 9.17) is 0 Å². The van der Waals surface area contributed by atoms with Gasteiger partial charge in [-0.15, -0.1) is 0 Å². The van der Waals surface area contributed by atoms with Crippen LogP contribution in [0, 0.1) is 0 Å². The maximum absolute atomic E-state index is 3.51. The van der Waals surface area contributed by atoms with Gasteiger partial charge in [0.2, 0.25) is 0 Å². The highest BCUT2D eigenvalue weighted by atomic mass is 32.2. The first kappa shape index (κ1) is 10.8. The number of thioether (sulfide) groups is 1. The number of hydrogen-bond acceptors (Lipinski definition) is 3. The minimum atomic E-state index is 0.814. The third-order valence-corrected chi connectivity index (χ3v) is 4.46. The van der Waals surface area contributed by atoms with Gasteiger partial charge in [0.05, 0.1) is 0 Å². The van der Waals surface area contributed by atoms with Crippen LogP contribution in [-0.4, -0.2) is 47.6 Å². The molecule has 2 saturated heterocycles. The predicted molar refractivity (Wildman–Crippen MR) is 64.0 cm³/mol. The van der Waals surface area contributed by atoms with Crippen molar-refractivity contribution in [2.75, 3.05) is 26.2 Å². The van der Waals surface area contributed by atoms with Crippen molar-refractivity contribution in [3.05, 3.63) is 0 Å². The van der Waals surface area contributed by atoms with Gasteiger partial charge in [0, 0.05) is 36.2 Å². The molecule has 2 nitrogen and oxygen atoms in total. The van der Waals surface area contributed by atoms with Crippen LogP contribution in [0.2, 0.25) is 0 Å². The molecule has 2 heterocycles. The van der Waals surface area contributed by atoms with E-state index in [1.165, 1.54) is 39.0 Å². The molecule has 0 spiro atoms. The molecule has 1 N–H and O–H groups in total. The molecular formula is C11H22N2S. The number of piperidine rings is 1. The fourth-order valence-corrected chi connectivity index (χ4v) is 4.01. The molecule has 0 aromatic rings. The maximum atomic E-state index is 3.51. The molecule has 0 aromatic carbocycles. The van der Waals surface area contributed by atoms with Crippen LogP contribution in [0.1, 0.15) is 26.7 Å². The molecule has 2 rings (SSSR count). The lowest BCUT2D eigenvalue weighted by Gasteiger charge is -2.41. The van der Waals surface area contributed by atoms with E-state index < -0.39 is 0 Å². The van der Waals surface area contributed by atoms with Crippen molar-refractivity contribution < 1.29 is 0 Å². The Morgan fingerprint density at radius 1 is 1.21 bits per heavy atom. The van der Waals surface area contributed by atoms with Crippen molar-refractivity contribution in [3.63, 3.8) is 0 Å². The van der Waals surface area contributed by atoms with E-state index in [2.05, 4.69) is 35.8 Å². The van der Waals surface area contributed by atoms with Gasteiger partial charge in [0.25, 0.3) is 0 Å². The lowest BCUT2D eigenvalue weighted by molar-refractivity contribution is 0.164. The topological polar surface area (TPSA) is 15.3 Å². The summed E-state index contributed by atoms with van der Waals surface area (Å²) in [6, 6.07) is 0.814. The monoisotopic (exact) mass is 214 g/mol. The summed E-state index contributed by atoms with van der Waals surface area (Å²) in [6.45, 7) is 9.75. The predicted octanol–water partition coefficient (Wildman–Crippen LogP) is 1.56. The third-order valence-electron chi connectivity index (χ3n) is 3.24. The number of rotatable bonds is 1. The van der Waals surface area contributed by atoms with Crippen molar-refractivity contribution in [1.29, 1.82) is 0 Å². The van der Waals surface area contributed by atoms with Crippen molar-refractivity contribution in [2.24, 2.45) is 0 Å². The zero-order chi connectivity index (χ0) is 9.97. The Morgan fingerprint density at radius 2 is 1.93 bits per heavy atom. The molecular weight excluding hydrogens is 192 g/mol. The van der Waals surface area contributed by atoms with E-state index in [9.17, 15) is 0 Å². The van der Waals surface area contributed by atoms with Crippen LogP contribution in [0.5, 0.6) is 0 Å². The zero-order valence-corrected chi connectivity index (χ0v) is 10.1. The van der Waals surface area contributed by atoms with Crippen molar-refractivity contribution in [3.8, 4) is 0 Å². The summed E-state index contributed by atoms with van der Waals surface area (Å²) in [5.74, 6) is 0. The first-order valence-electron chi connectivity index (χ1n) is 5.86. The molecule has 3 heteroatoms. The first-order valence-corrected chi connectivity index (χ1v) is 6.80. The Bertz CT molecular complexity index is 170. The van der Waals surface area contributed by atoms with Gasteiger partial charge in [-0.05, 0) is 19.4 Å². The Balaban J connectivity index is 1.88. The summed E-state index contributed by atoms with van der Waals surface area (Å²) in [5, 5.41) is 5.15. The third kappa shape index (κ3) is 2.65. The molecule has 0 radical (unpaired) electrons. The Labute approximate surface area is 91.8 Å². The maximum Gasteiger partial charge on any atom is 0.0222 e. The molecule has 0 amide bonds. The Kier molecular flexibility index (Phi) is 3.74. The molecule has 2 aliphatic heterocycles. The lowest BCUT2D eigenvalue weighted by Crippen LogP contribution is -2.52. The van der Waals surface area contributed by atoms with Crippen LogP contribution in [0.3, 0.4) is 0 Å². The Morgan fingerprint density at radius 3 is 2.50 bits per heavy atom. The minimum Gasteiger partial charge on any atom is -0.315 e. The van der Waals surface area contributed by atoms with Crippen molar-refractivity contribution in [2.45, 2.75) is 43.2 Å². The van der Waals surface area contributed by atoms with Gasteiger partial charge in [0.15, 0.2) is 0 Å². The standard InChI is InChI=1S/C11H22N2S/c1-9-7-13(8-10(2)14-9)11-4-3-5-12-6-11/h9-12H,3-8H2,1-2H3. The van der Waals surface area contributed by atoms with Crippen molar-refractivity contribution >= 4 is 11.8 Å². The average molecular weight is 214 g/mol. The van der Waals surface area contributed by atoms with Crippen LogP contribution in [0.15, 0.2) is 0 Å². The SMILES string of the molecule is CC1CN(C2CCCNC2)CC(C)S1. The number of hydrogen-bond donors (Lipinski definition) is 1. The highest BCUT2D eigenvalue weighted by molar-refractivity contribution is 8.00. The van der Waals surface area contributed by atoms with Gasteiger partial charge in [-0.25, -0.2) is 0 Å². The van der Waals surface area contributed by atoms with E-state index in [1.54, 1.807) is 0 Å². The molecule has 0 aromatic heterocycles. The van der Waals surface area contributed by atoms with Crippen LogP contribution in [0.25, 0.3) is 0 Å². The van der Waals surface area contributed by atoms with Gasteiger partial charge in [-0.1, -0.05) is 13.8 Å². The zero-order valence-electron chi connectivity index (χ0n) is 9.33. The Hall–Kier alpha value is 0.270. The molecule has 3 unspecified atom stereocenters.